The fourth-order valence-electron chi connectivity index (χ4n) is 5.13. The molecule has 5 rings (SSSR count). The Morgan fingerprint density at radius 2 is 1.95 bits per heavy atom. The van der Waals surface area contributed by atoms with E-state index in [4.69, 9.17) is 4.74 Å². The van der Waals surface area contributed by atoms with Crippen LogP contribution < -0.4 is 10.1 Å². The molecule has 0 radical (unpaired) electrons. The Morgan fingerprint density at radius 1 is 1.19 bits per heavy atom. The summed E-state index contributed by atoms with van der Waals surface area (Å²) in [6.07, 6.45) is 3.95. The molecule has 2 heterocycles. The summed E-state index contributed by atoms with van der Waals surface area (Å²) in [5.41, 5.74) is 1.41. The van der Waals surface area contributed by atoms with Gasteiger partial charge in [0.25, 0.3) is 0 Å². The number of aromatic nitrogens is 1. The molecule has 0 bridgehead atoms. The van der Waals surface area contributed by atoms with Gasteiger partial charge in [-0.3, -0.25) is 4.79 Å². The van der Waals surface area contributed by atoms with E-state index in [2.05, 4.69) is 10.3 Å². The van der Waals surface area contributed by atoms with Gasteiger partial charge in [-0.2, -0.15) is 4.31 Å². The number of amides is 1. The number of methoxy groups -OCH3 is 1. The van der Waals surface area contributed by atoms with E-state index in [9.17, 15) is 18.3 Å². The van der Waals surface area contributed by atoms with Crippen LogP contribution in [0.1, 0.15) is 48.9 Å². The number of ether oxygens (including phenoxy) is 1. The smallest absolute Gasteiger partial charge is 0.243 e. The fourth-order valence-corrected chi connectivity index (χ4v) is 6.89. The lowest BCUT2D eigenvalue weighted by atomic mass is 9.94. The number of sulfonamides is 1. The van der Waals surface area contributed by atoms with Crippen molar-refractivity contribution in [1.82, 2.24) is 9.29 Å². The summed E-state index contributed by atoms with van der Waals surface area (Å²) in [5.74, 6) is 0.587. The van der Waals surface area contributed by atoms with Gasteiger partial charge >= 0.3 is 0 Å². The average molecular weight is 528 g/mol. The fraction of sp³-hybridized carbons (Fsp3) is 0.357. The number of benzene rings is 2. The minimum atomic E-state index is -3.54. The molecule has 2 fully saturated rings. The van der Waals surface area contributed by atoms with Crippen LogP contribution in [0.3, 0.4) is 0 Å². The molecule has 200 valence electrons. The number of nitrogens with zero attached hydrogens (tertiary/aromatic N) is 2. The van der Waals surface area contributed by atoms with Gasteiger partial charge in [0, 0.05) is 22.4 Å². The number of hydrogen-bond donors (Lipinski definition) is 2. The number of anilines is 1. The summed E-state index contributed by atoms with van der Waals surface area (Å²) in [7, 11) is -2.06. The summed E-state index contributed by atoms with van der Waals surface area (Å²) in [6.45, 7) is 2.58. The minimum Gasteiger partial charge on any atom is -0.504 e. The van der Waals surface area contributed by atoms with E-state index < -0.39 is 15.4 Å². The molecule has 1 saturated carbocycles. The molecule has 9 heteroatoms. The van der Waals surface area contributed by atoms with E-state index in [1.54, 1.807) is 58.9 Å². The van der Waals surface area contributed by atoms with Gasteiger partial charge in [0.2, 0.25) is 15.9 Å². The number of hydrogen-bond acceptors (Lipinski definition) is 6. The topological polar surface area (TPSA) is 109 Å². The standard InChI is InChI=1S/C28H31N3O5S.3H2/c1-3-21-6-5-17-31(21)37(34,35)22-12-9-19(10-13-22)23-7-4-8-26(29-23)30-27(33)28(15-16-28)20-11-14-25(36-2)24(32)18-20;;;/h4,7-14,18,21,32H,3,5-6,15-17H2,1-2H3,(H,29,30,33);3*1H/t21-;;;/m0.../s1. The van der Waals surface area contributed by atoms with Crippen LogP contribution in [-0.2, 0) is 20.2 Å². The molecule has 0 unspecified atom stereocenters. The third-order valence-electron chi connectivity index (χ3n) is 7.46. The zero-order chi connectivity index (χ0) is 26.2. The van der Waals surface area contributed by atoms with Gasteiger partial charge in [-0.15, -0.1) is 0 Å². The largest absolute Gasteiger partial charge is 0.504 e. The van der Waals surface area contributed by atoms with E-state index in [0.717, 1.165) is 30.4 Å². The van der Waals surface area contributed by atoms with Crippen LogP contribution in [0.2, 0.25) is 0 Å². The maximum absolute atomic E-state index is 13.2. The zero-order valence-corrected chi connectivity index (χ0v) is 21.8. The Morgan fingerprint density at radius 3 is 2.59 bits per heavy atom. The predicted molar refractivity (Wildman–Crippen MR) is 147 cm³/mol. The molecule has 1 atom stereocenters. The molecule has 1 amide bonds. The molecular weight excluding hydrogens is 490 g/mol. The van der Waals surface area contributed by atoms with Crippen LogP contribution in [0, 0.1) is 0 Å². The second-order valence-electron chi connectivity index (χ2n) is 9.68. The van der Waals surface area contributed by atoms with E-state index in [1.807, 2.05) is 13.0 Å². The first kappa shape index (κ1) is 25.2. The normalized spacial score (nSPS) is 18.9. The Bertz CT molecular complexity index is 1430. The highest BCUT2D eigenvalue weighted by molar-refractivity contribution is 7.89. The third-order valence-corrected chi connectivity index (χ3v) is 9.42. The lowest BCUT2D eigenvalue weighted by molar-refractivity contribution is -0.118. The highest BCUT2D eigenvalue weighted by Gasteiger charge is 2.51. The van der Waals surface area contributed by atoms with Crippen molar-refractivity contribution in [2.45, 2.75) is 55.4 Å². The van der Waals surface area contributed by atoms with Crippen LogP contribution in [0.4, 0.5) is 5.82 Å². The number of carbonyl (C=O) groups excluding carboxylic acids is 1. The van der Waals surface area contributed by atoms with Crippen LogP contribution in [0.25, 0.3) is 11.3 Å². The van der Waals surface area contributed by atoms with Crippen LogP contribution in [0.15, 0.2) is 65.6 Å². The zero-order valence-electron chi connectivity index (χ0n) is 21.0. The van der Waals surface area contributed by atoms with Gasteiger partial charge in [-0.25, -0.2) is 13.4 Å². The third kappa shape index (κ3) is 4.69. The monoisotopic (exact) mass is 527 g/mol. The highest BCUT2D eigenvalue weighted by Crippen LogP contribution is 2.50. The maximum atomic E-state index is 13.2. The van der Waals surface area contributed by atoms with Crippen molar-refractivity contribution >= 4 is 21.7 Å². The van der Waals surface area contributed by atoms with Crippen molar-refractivity contribution in [3.8, 4) is 22.8 Å². The Balaban J connectivity index is 0.00000187. The number of phenols is 1. The van der Waals surface area contributed by atoms with Gasteiger partial charge < -0.3 is 15.2 Å². The maximum Gasteiger partial charge on any atom is 0.243 e. The number of phenolic OH excluding ortho intramolecular Hbond substituents is 1. The number of carbonyl (C=O) groups is 1. The highest BCUT2D eigenvalue weighted by atomic mass is 32.2. The number of rotatable bonds is 8. The van der Waals surface area contributed by atoms with Crippen molar-refractivity contribution in [2.75, 3.05) is 19.0 Å². The van der Waals surface area contributed by atoms with E-state index >= 15 is 0 Å². The number of aromatic hydroxyl groups is 1. The second kappa shape index (κ2) is 9.79. The summed E-state index contributed by atoms with van der Waals surface area (Å²) in [6, 6.07) is 17.2. The van der Waals surface area contributed by atoms with Crippen molar-refractivity contribution in [3.05, 3.63) is 66.2 Å². The van der Waals surface area contributed by atoms with Gasteiger partial charge in [0.05, 0.1) is 23.1 Å². The molecule has 2 aliphatic rings. The van der Waals surface area contributed by atoms with Gasteiger partial charge in [0.1, 0.15) is 5.82 Å². The van der Waals surface area contributed by atoms with Gasteiger partial charge in [-0.05, 0) is 74.1 Å². The SMILES string of the molecule is CC[C@H]1CCCN1S(=O)(=O)c1ccc(-c2cccc(NC(=O)C3(c4ccc(OC)c(O)c4)CC3)n2)cc1.[HH].[HH].[HH]. The van der Waals surface area contributed by atoms with Crippen LogP contribution >= 0.6 is 0 Å². The van der Waals surface area contributed by atoms with Gasteiger partial charge in [-0.1, -0.05) is 31.2 Å². The van der Waals surface area contributed by atoms with E-state index in [-0.39, 0.29) is 26.9 Å². The van der Waals surface area contributed by atoms with Crippen molar-refractivity contribution < 1.29 is 27.3 Å². The number of nitrogens with one attached hydrogen (secondary N) is 1. The quantitative estimate of drug-likeness (QED) is 0.404. The van der Waals surface area contributed by atoms with Crippen LogP contribution in [-0.4, -0.2) is 48.4 Å². The van der Waals surface area contributed by atoms with Crippen molar-refractivity contribution in [1.29, 1.82) is 0 Å². The summed E-state index contributed by atoms with van der Waals surface area (Å²) in [5, 5.41) is 13.1. The first-order valence-corrected chi connectivity index (χ1v) is 14.0. The van der Waals surface area contributed by atoms with Crippen LogP contribution in [0.5, 0.6) is 11.5 Å². The Labute approximate surface area is 221 Å². The van der Waals surface area contributed by atoms with Crippen molar-refractivity contribution in [3.63, 3.8) is 0 Å². The molecular formula is C28H37N3O5S. The Hall–Kier alpha value is -3.43. The molecule has 2 aromatic carbocycles. The second-order valence-corrected chi connectivity index (χ2v) is 11.6. The molecule has 1 aromatic heterocycles. The Kier molecular flexibility index (Phi) is 6.68. The molecule has 0 spiro atoms. The molecule has 1 aliphatic carbocycles. The number of pyridine rings is 1. The lowest BCUT2D eigenvalue weighted by Crippen LogP contribution is -2.35. The first-order chi connectivity index (χ1) is 17.8. The summed E-state index contributed by atoms with van der Waals surface area (Å²) < 4.78 is 33.0. The summed E-state index contributed by atoms with van der Waals surface area (Å²) in [4.78, 5) is 18.1. The lowest BCUT2D eigenvalue weighted by Gasteiger charge is -2.23. The molecule has 3 aromatic rings. The molecule has 1 aliphatic heterocycles. The average Bonchev–Trinajstić information content (AvgIpc) is 3.58. The molecule has 8 nitrogen and oxygen atoms in total. The predicted octanol–water partition coefficient (Wildman–Crippen LogP) is 5.43. The molecule has 37 heavy (non-hydrogen) atoms. The minimum absolute atomic E-state index is 0. The van der Waals surface area contributed by atoms with E-state index in [1.165, 1.54) is 7.11 Å². The van der Waals surface area contributed by atoms with E-state index in [0.29, 0.717) is 36.6 Å². The van der Waals surface area contributed by atoms with Crippen molar-refractivity contribution in [2.24, 2.45) is 0 Å². The first-order valence-electron chi connectivity index (χ1n) is 12.6. The van der Waals surface area contributed by atoms with Gasteiger partial charge in [0.15, 0.2) is 11.5 Å². The molecule has 1 saturated heterocycles. The summed E-state index contributed by atoms with van der Waals surface area (Å²) >= 11 is 0. The molecule has 2 N–H and O–H groups in total.